The van der Waals surface area contributed by atoms with E-state index in [1.54, 1.807) is 4.63 Å². The molecule has 2 atom stereocenters. The summed E-state index contributed by atoms with van der Waals surface area (Å²) in [6.45, 7) is 13.7. The molecule has 2 heterocycles. The lowest BCUT2D eigenvalue weighted by Gasteiger charge is -2.19. The molecular formula is C29H45N5O. The van der Waals surface area contributed by atoms with E-state index in [4.69, 9.17) is 0 Å². The topological polar surface area (TPSA) is 75.1 Å². The summed E-state index contributed by atoms with van der Waals surface area (Å²) in [5.74, 6) is 1.44. The SMILES string of the molecule is CCCCCCC(CCCC)C(=O)NCC(C)c1ccc(-c2nn3nc(C(C)(C)C)cc3[nH]2)cc1. The van der Waals surface area contributed by atoms with Crippen molar-refractivity contribution in [3.63, 3.8) is 0 Å². The van der Waals surface area contributed by atoms with E-state index in [0.29, 0.717) is 6.54 Å². The zero-order chi connectivity index (χ0) is 25.4. The van der Waals surface area contributed by atoms with Gasteiger partial charge in [0, 0.05) is 29.5 Å². The molecular weight excluding hydrogens is 434 g/mol. The number of carbonyl (C=O) groups is 1. The highest BCUT2D eigenvalue weighted by Crippen LogP contribution is 2.25. The van der Waals surface area contributed by atoms with Crippen LogP contribution in [0.15, 0.2) is 30.3 Å². The third kappa shape index (κ3) is 7.42. The van der Waals surface area contributed by atoms with E-state index in [1.165, 1.54) is 24.8 Å². The molecule has 0 aliphatic rings. The van der Waals surface area contributed by atoms with Crippen molar-refractivity contribution < 1.29 is 4.79 Å². The van der Waals surface area contributed by atoms with Crippen LogP contribution < -0.4 is 5.32 Å². The molecule has 6 heteroatoms. The summed E-state index contributed by atoms with van der Waals surface area (Å²) < 4.78 is 1.68. The highest BCUT2D eigenvalue weighted by molar-refractivity contribution is 5.78. The van der Waals surface area contributed by atoms with Crippen molar-refractivity contribution in [2.45, 2.75) is 104 Å². The van der Waals surface area contributed by atoms with E-state index in [9.17, 15) is 4.79 Å². The van der Waals surface area contributed by atoms with E-state index in [2.05, 4.69) is 92.4 Å². The molecule has 3 aromatic rings. The minimum Gasteiger partial charge on any atom is -0.355 e. The number of carbonyl (C=O) groups excluding carboxylic acids is 1. The first kappa shape index (κ1) is 27.0. The maximum atomic E-state index is 12.9. The highest BCUT2D eigenvalue weighted by atomic mass is 16.1. The van der Waals surface area contributed by atoms with Crippen LogP contribution in [0.4, 0.5) is 0 Å². The smallest absolute Gasteiger partial charge is 0.223 e. The molecule has 0 aliphatic heterocycles. The summed E-state index contributed by atoms with van der Waals surface area (Å²) in [4.78, 5) is 16.3. The monoisotopic (exact) mass is 479 g/mol. The first-order chi connectivity index (χ1) is 16.7. The zero-order valence-electron chi connectivity index (χ0n) is 22.7. The van der Waals surface area contributed by atoms with Crippen LogP contribution >= 0.6 is 0 Å². The average molecular weight is 480 g/mol. The maximum absolute atomic E-state index is 12.9. The fourth-order valence-electron chi connectivity index (χ4n) is 4.43. The summed E-state index contributed by atoms with van der Waals surface area (Å²) in [5.41, 5.74) is 4.16. The Hall–Kier alpha value is -2.63. The molecule has 2 N–H and O–H groups in total. The van der Waals surface area contributed by atoms with Gasteiger partial charge in [-0.25, -0.2) is 0 Å². The van der Waals surface area contributed by atoms with Crippen molar-refractivity contribution >= 4 is 11.6 Å². The summed E-state index contributed by atoms with van der Waals surface area (Å²) in [6, 6.07) is 10.5. The Labute approximate surface area is 211 Å². The van der Waals surface area contributed by atoms with E-state index in [-0.39, 0.29) is 23.2 Å². The van der Waals surface area contributed by atoms with Gasteiger partial charge in [-0.3, -0.25) is 4.79 Å². The Balaban J connectivity index is 1.57. The molecule has 0 fully saturated rings. The van der Waals surface area contributed by atoms with Crippen molar-refractivity contribution in [2.75, 3.05) is 6.54 Å². The second-order valence-electron chi connectivity index (χ2n) is 11.1. The van der Waals surface area contributed by atoms with Gasteiger partial charge in [-0.1, -0.05) is 104 Å². The molecule has 0 radical (unpaired) electrons. The van der Waals surface area contributed by atoms with Crippen LogP contribution in [0.3, 0.4) is 0 Å². The second-order valence-corrected chi connectivity index (χ2v) is 11.1. The fourth-order valence-corrected chi connectivity index (χ4v) is 4.43. The first-order valence-corrected chi connectivity index (χ1v) is 13.6. The summed E-state index contributed by atoms with van der Waals surface area (Å²) in [7, 11) is 0. The number of aromatic amines is 1. The van der Waals surface area contributed by atoms with E-state index < -0.39 is 0 Å². The Kier molecular flexibility index (Phi) is 9.53. The third-order valence-corrected chi connectivity index (χ3v) is 6.92. The van der Waals surface area contributed by atoms with Crippen molar-refractivity contribution in [1.82, 2.24) is 25.1 Å². The predicted octanol–water partition coefficient (Wildman–Crippen LogP) is 7.02. The van der Waals surface area contributed by atoms with Gasteiger partial charge < -0.3 is 10.3 Å². The number of benzene rings is 1. The van der Waals surface area contributed by atoms with Gasteiger partial charge in [0.05, 0.1) is 5.69 Å². The number of unbranched alkanes of at least 4 members (excludes halogenated alkanes) is 4. The molecule has 0 aliphatic carbocycles. The predicted molar refractivity (Wildman–Crippen MR) is 145 cm³/mol. The molecule has 1 aromatic carbocycles. The summed E-state index contributed by atoms with van der Waals surface area (Å²) in [5, 5.41) is 12.5. The van der Waals surface area contributed by atoms with Gasteiger partial charge in [0.1, 0.15) is 0 Å². The lowest BCUT2D eigenvalue weighted by atomic mass is 9.93. The van der Waals surface area contributed by atoms with Crippen LogP contribution in [0.25, 0.3) is 17.0 Å². The van der Waals surface area contributed by atoms with Crippen LogP contribution in [0, 0.1) is 5.92 Å². The van der Waals surface area contributed by atoms with Crippen LogP contribution in [0.5, 0.6) is 0 Å². The van der Waals surface area contributed by atoms with Gasteiger partial charge in [-0.05, 0) is 24.3 Å². The molecule has 0 bridgehead atoms. The molecule has 3 rings (SSSR count). The number of nitrogens with one attached hydrogen (secondary N) is 2. The largest absolute Gasteiger partial charge is 0.355 e. The average Bonchev–Trinajstić information content (AvgIpc) is 3.42. The molecule has 1 amide bonds. The van der Waals surface area contributed by atoms with Crippen LogP contribution in [-0.2, 0) is 10.2 Å². The minimum absolute atomic E-state index is 0.00696. The first-order valence-electron chi connectivity index (χ1n) is 13.6. The molecule has 192 valence electrons. The Morgan fingerprint density at radius 3 is 2.31 bits per heavy atom. The number of rotatable bonds is 13. The van der Waals surface area contributed by atoms with E-state index in [1.807, 2.05) is 0 Å². The molecule has 0 spiro atoms. The number of nitrogens with zero attached hydrogens (tertiary/aromatic N) is 3. The van der Waals surface area contributed by atoms with Crippen LogP contribution in [-0.4, -0.2) is 32.3 Å². The Morgan fingerprint density at radius 2 is 1.69 bits per heavy atom. The quantitative estimate of drug-likeness (QED) is 0.259. The molecule has 0 saturated carbocycles. The van der Waals surface area contributed by atoms with Crippen molar-refractivity contribution in [3.05, 3.63) is 41.6 Å². The zero-order valence-corrected chi connectivity index (χ0v) is 22.7. The number of hydrogen-bond acceptors (Lipinski definition) is 3. The van der Waals surface area contributed by atoms with Gasteiger partial charge in [0.25, 0.3) is 0 Å². The number of hydrogen-bond donors (Lipinski definition) is 2. The third-order valence-electron chi connectivity index (χ3n) is 6.92. The Morgan fingerprint density at radius 1 is 1.00 bits per heavy atom. The second kappa shape index (κ2) is 12.4. The van der Waals surface area contributed by atoms with Gasteiger partial charge in [0.15, 0.2) is 11.5 Å². The fraction of sp³-hybridized carbons (Fsp3) is 0.621. The lowest BCUT2D eigenvalue weighted by molar-refractivity contribution is -0.125. The Bertz CT molecular complexity index is 1030. The van der Waals surface area contributed by atoms with Gasteiger partial charge in [-0.15, -0.1) is 9.73 Å². The number of amides is 1. The standard InChI is InChI=1S/C29H45N5O/c1-7-9-11-12-14-24(13-10-8-2)28(35)30-20-21(3)22-15-17-23(18-16-22)27-31-26-19-25(29(4,5)6)32-34(26)33-27/h15-19,21,24H,7-14,20H2,1-6H3,(H,30,35)(H,31,33). The lowest BCUT2D eigenvalue weighted by Crippen LogP contribution is -2.33. The molecule has 2 aromatic heterocycles. The number of fused-ring (bicyclic) bond motifs is 1. The van der Waals surface area contributed by atoms with Crippen LogP contribution in [0.2, 0.25) is 0 Å². The van der Waals surface area contributed by atoms with Gasteiger partial charge in [0.2, 0.25) is 5.91 Å². The maximum Gasteiger partial charge on any atom is 0.223 e. The van der Waals surface area contributed by atoms with Crippen molar-refractivity contribution in [3.8, 4) is 11.4 Å². The number of aromatic nitrogens is 4. The van der Waals surface area contributed by atoms with E-state index in [0.717, 1.165) is 54.8 Å². The normalized spacial score (nSPS) is 13.8. The molecule has 0 saturated heterocycles. The van der Waals surface area contributed by atoms with E-state index >= 15 is 0 Å². The highest BCUT2D eigenvalue weighted by Gasteiger charge is 2.20. The summed E-state index contributed by atoms with van der Waals surface area (Å²) in [6.07, 6.45) is 9.15. The molecule has 2 unspecified atom stereocenters. The number of H-pyrrole nitrogens is 1. The molecule has 6 nitrogen and oxygen atoms in total. The van der Waals surface area contributed by atoms with Gasteiger partial charge >= 0.3 is 0 Å². The van der Waals surface area contributed by atoms with Crippen molar-refractivity contribution in [1.29, 1.82) is 0 Å². The van der Waals surface area contributed by atoms with Crippen LogP contribution in [0.1, 0.15) is 110 Å². The summed E-state index contributed by atoms with van der Waals surface area (Å²) >= 11 is 0. The van der Waals surface area contributed by atoms with Gasteiger partial charge in [-0.2, -0.15) is 5.10 Å². The molecule has 35 heavy (non-hydrogen) atoms. The van der Waals surface area contributed by atoms with Crippen molar-refractivity contribution in [2.24, 2.45) is 5.92 Å². The minimum atomic E-state index is -0.00696.